The highest BCUT2D eigenvalue weighted by Gasteiger charge is 2.15. The van der Waals surface area contributed by atoms with Crippen molar-refractivity contribution in [1.82, 2.24) is 5.32 Å². The van der Waals surface area contributed by atoms with Gasteiger partial charge in [-0.1, -0.05) is 28.9 Å². The van der Waals surface area contributed by atoms with E-state index < -0.39 is 0 Å². The van der Waals surface area contributed by atoms with Crippen LogP contribution in [0.15, 0.2) is 45.7 Å². The summed E-state index contributed by atoms with van der Waals surface area (Å²) in [5, 5.41) is 3.56. The summed E-state index contributed by atoms with van der Waals surface area (Å²) < 4.78 is 6.32. The summed E-state index contributed by atoms with van der Waals surface area (Å²) in [6.45, 7) is 5.27. The molecule has 0 aliphatic rings. The van der Waals surface area contributed by atoms with E-state index in [1.807, 2.05) is 12.3 Å². The molecule has 0 saturated carbocycles. The van der Waals surface area contributed by atoms with Gasteiger partial charge in [-0.3, -0.25) is 0 Å². The second-order valence-electron chi connectivity index (χ2n) is 4.51. The van der Waals surface area contributed by atoms with Crippen LogP contribution in [0.4, 0.5) is 0 Å². The molecule has 18 heavy (non-hydrogen) atoms. The van der Waals surface area contributed by atoms with Gasteiger partial charge in [-0.15, -0.1) is 0 Å². The summed E-state index contributed by atoms with van der Waals surface area (Å²) in [7, 11) is 0. The molecule has 1 N–H and O–H groups in total. The van der Waals surface area contributed by atoms with Gasteiger partial charge in [0.2, 0.25) is 0 Å². The number of furan rings is 1. The normalized spacial score (nSPS) is 12.6. The Labute approximate surface area is 117 Å². The minimum Gasteiger partial charge on any atom is -0.472 e. The molecule has 1 unspecified atom stereocenters. The fourth-order valence-electron chi connectivity index (χ4n) is 2.09. The lowest BCUT2D eigenvalue weighted by Crippen LogP contribution is -2.22. The van der Waals surface area contributed by atoms with Crippen LogP contribution in [0.25, 0.3) is 0 Å². The van der Waals surface area contributed by atoms with E-state index in [1.54, 1.807) is 6.26 Å². The molecule has 0 saturated heterocycles. The molecule has 0 aliphatic heterocycles. The third-order valence-electron chi connectivity index (χ3n) is 2.87. The lowest BCUT2D eigenvalue weighted by Gasteiger charge is -2.18. The average molecular weight is 308 g/mol. The van der Waals surface area contributed by atoms with Gasteiger partial charge in [0.1, 0.15) is 0 Å². The van der Waals surface area contributed by atoms with Gasteiger partial charge in [-0.25, -0.2) is 0 Å². The smallest absolute Gasteiger partial charge is 0.0953 e. The van der Waals surface area contributed by atoms with Crippen LogP contribution in [0, 0.1) is 6.92 Å². The van der Waals surface area contributed by atoms with Crippen molar-refractivity contribution in [3.63, 3.8) is 0 Å². The maximum Gasteiger partial charge on any atom is 0.0953 e. The quantitative estimate of drug-likeness (QED) is 0.883. The molecule has 2 aromatic rings. The van der Waals surface area contributed by atoms with Gasteiger partial charge in [0.05, 0.1) is 18.6 Å². The van der Waals surface area contributed by atoms with Crippen molar-refractivity contribution in [2.45, 2.75) is 26.3 Å². The zero-order valence-corrected chi connectivity index (χ0v) is 12.3. The van der Waals surface area contributed by atoms with Crippen molar-refractivity contribution in [3.05, 3.63) is 58.0 Å². The Bertz CT molecular complexity index is 473. The number of benzene rings is 1. The van der Waals surface area contributed by atoms with Crippen molar-refractivity contribution in [2.75, 3.05) is 6.54 Å². The number of nitrogens with one attached hydrogen (secondary N) is 1. The number of hydrogen-bond donors (Lipinski definition) is 1. The van der Waals surface area contributed by atoms with Crippen molar-refractivity contribution in [2.24, 2.45) is 0 Å². The van der Waals surface area contributed by atoms with E-state index in [2.05, 4.69) is 53.3 Å². The van der Waals surface area contributed by atoms with E-state index in [1.165, 1.54) is 16.7 Å². The molecule has 0 spiro atoms. The topological polar surface area (TPSA) is 25.2 Å². The van der Waals surface area contributed by atoms with E-state index in [9.17, 15) is 0 Å². The standard InChI is InChI=1S/C15H18BrNO/c1-3-5-17-15(12-4-6-18-10-12)13-7-11(2)8-14(16)9-13/h4,6-10,15,17H,3,5H2,1-2H3. The Kier molecular flexibility index (Phi) is 4.61. The second kappa shape index (κ2) is 6.21. The van der Waals surface area contributed by atoms with E-state index in [0.717, 1.165) is 17.4 Å². The first kappa shape index (κ1) is 13.4. The zero-order chi connectivity index (χ0) is 13.0. The number of aryl methyl sites for hydroxylation is 1. The van der Waals surface area contributed by atoms with Crippen molar-refractivity contribution in [1.29, 1.82) is 0 Å². The molecule has 2 nitrogen and oxygen atoms in total. The zero-order valence-electron chi connectivity index (χ0n) is 10.7. The lowest BCUT2D eigenvalue weighted by molar-refractivity contribution is 0.548. The van der Waals surface area contributed by atoms with Crippen LogP contribution >= 0.6 is 15.9 Å². The van der Waals surface area contributed by atoms with Crippen molar-refractivity contribution < 1.29 is 4.42 Å². The Balaban J connectivity index is 2.33. The van der Waals surface area contributed by atoms with Crippen molar-refractivity contribution >= 4 is 15.9 Å². The van der Waals surface area contributed by atoms with Crippen LogP contribution in [0.5, 0.6) is 0 Å². The summed E-state index contributed by atoms with van der Waals surface area (Å²) in [4.78, 5) is 0. The van der Waals surface area contributed by atoms with E-state index in [4.69, 9.17) is 4.42 Å². The highest BCUT2D eigenvalue weighted by Crippen LogP contribution is 2.26. The first-order chi connectivity index (χ1) is 8.70. The van der Waals surface area contributed by atoms with Gasteiger partial charge >= 0.3 is 0 Å². The summed E-state index contributed by atoms with van der Waals surface area (Å²) >= 11 is 3.56. The molecule has 0 amide bonds. The molecule has 96 valence electrons. The SMILES string of the molecule is CCCNC(c1ccoc1)c1cc(C)cc(Br)c1. The highest BCUT2D eigenvalue weighted by atomic mass is 79.9. The lowest BCUT2D eigenvalue weighted by atomic mass is 9.99. The number of halogens is 1. The Morgan fingerprint density at radius 1 is 1.28 bits per heavy atom. The van der Waals surface area contributed by atoms with Crippen LogP contribution in [-0.2, 0) is 0 Å². The largest absolute Gasteiger partial charge is 0.472 e. The molecule has 1 aromatic carbocycles. The van der Waals surface area contributed by atoms with Gasteiger partial charge < -0.3 is 9.73 Å². The monoisotopic (exact) mass is 307 g/mol. The van der Waals surface area contributed by atoms with Crippen LogP contribution < -0.4 is 5.32 Å². The van der Waals surface area contributed by atoms with E-state index in [-0.39, 0.29) is 6.04 Å². The molecule has 0 fully saturated rings. The molecule has 1 atom stereocenters. The van der Waals surface area contributed by atoms with Gasteiger partial charge in [-0.2, -0.15) is 0 Å². The van der Waals surface area contributed by atoms with Crippen molar-refractivity contribution in [3.8, 4) is 0 Å². The van der Waals surface area contributed by atoms with Gasteiger partial charge in [0.25, 0.3) is 0 Å². The number of hydrogen-bond acceptors (Lipinski definition) is 2. The molecule has 2 rings (SSSR count). The molecular formula is C15H18BrNO. The molecule has 0 radical (unpaired) electrons. The third-order valence-corrected chi connectivity index (χ3v) is 3.33. The van der Waals surface area contributed by atoms with Crippen LogP contribution in [0.2, 0.25) is 0 Å². The van der Waals surface area contributed by atoms with E-state index in [0.29, 0.717) is 0 Å². The minimum atomic E-state index is 0.194. The number of rotatable bonds is 5. The first-order valence-corrected chi connectivity index (χ1v) is 7.02. The van der Waals surface area contributed by atoms with Crippen LogP contribution in [0.1, 0.15) is 36.1 Å². The van der Waals surface area contributed by atoms with Gasteiger partial charge in [0.15, 0.2) is 0 Å². The highest BCUT2D eigenvalue weighted by molar-refractivity contribution is 9.10. The van der Waals surface area contributed by atoms with Crippen LogP contribution in [-0.4, -0.2) is 6.54 Å². The third kappa shape index (κ3) is 3.24. The Hall–Kier alpha value is -1.06. The second-order valence-corrected chi connectivity index (χ2v) is 5.42. The average Bonchev–Trinajstić information content (AvgIpc) is 2.82. The summed E-state index contributed by atoms with van der Waals surface area (Å²) in [5.41, 5.74) is 3.68. The Morgan fingerprint density at radius 2 is 2.11 bits per heavy atom. The Morgan fingerprint density at radius 3 is 2.72 bits per heavy atom. The molecule has 3 heteroatoms. The van der Waals surface area contributed by atoms with Gasteiger partial charge in [-0.05, 0) is 49.2 Å². The first-order valence-electron chi connectivity index (χ1n) is 6.23. The van der Waals surface area contributed by atoms with Crippen LogP contribution in [0.3, 0.4) is 0 Å². The molecular weight excluding hydrogens is 290 g/mol. The summed E-state index contributed by atoms with van der Waals surface area (Å²) in [6, 6.07) is 8.71. The predicted octanol–water partition coefficient (Wildman–Crippen LogP) is 4.44. The molecule has 1 heterocycles. The predicted molar refractivity (Wildman–Crippen MR) is 77.7 cm³/mol. The summed E-state index contributed by atoms with van der Waals surface area (Å²) in [5.74, 6) is 0. The summed E-state index contributed by atoms with van der Waals surface area (Å²) in [6.07, 6.45) is 4.64. The van der Waals surface area contributed by atoms with Gasteiger partial charge in [0, 0.05) is 10.0 Å². The molecule has 0 aliphatic carbocycles. The fourth-order valence-corrected chi connectivity index (χ4v) is 2.71. The minimum absolute atomic E-state index is 0.194. The molecule has 1 aromatic heterocycles. The maximum atomic E-state index is 5.21. The maximum absolute atomic E-state index is 5.21. The molecule has 0 bridgehead atoms. The fraction of sp³-hybridized carbons (Fsp3) is 0.333. The van der Waals surface area contributed by atoms with E-state index >= 15 is 0 Å².